The highest BCUT2D eigenvalue weighted by molar-refractivity contribution is 5.73. The van der Waals surface area contributed by atoms with Crippen molar-refractivity contribution < 1.29 is 14.7 Å². The molecule has 0 bridgehead atoms. The van der Waals surface area contributed by atoms with Crippen molar-refractivity contribution in [2.45, 2.75) is 26.2 Å². The van der Waals surface area contributed by atoms with Gasteiger partial charge in [-0.2, -0.15) is 0 Å². The molecule has 1 amide bonds. The molecule has 4 nitrogen and oxygen atoms in total. The molecule has 1 fully saturated rings. The van der Waals surface area contributed by atoms with E-state index in [1.54, 1.807) is 4.90 Å². The Morgan fingerprint density at radius 2 is 2.23 bits per heavy atom. The number of nitrogens with zero attached hydrogens (tertiary/aromatic N) is 1. The molecule has 1 aliphatic rings. The van der Waals surface area contributed by atoms with Gasteiger partial charge in [-0.3, -0.25) is 9.59 Å². The molecule has 0 aromatic rings. The minimum absolute atomic E-state index is 0.0510. The van der Waals surface area contributed by atoms with Crippen LogP contribution in [0.25, 0.3) is 0 Å². The highest BCUT2D eigenvalue weighted by Crippen LogP contribution is 2.19. The van der Waals surface area contributed by atoms with Gasteiger partial charge >= 0.3 is 5.97 Å². The molecule has 0 aromatic carbocycles. The highest BCUT2D eigenvalue weighted by Gasteiger charge is 2.22. The minimum atomic E-state index is -0.768. The molecular weight excluding hydrogens is 170 g/mol. The van der Waals surface area contributed by atoms with Crippen molar-refractivity contribution in [1.82, 2.24) is 4.90 Å². The van der Waals surface area contributed by atoms with E-state index in [4.69, 9.17) is 5.11 Å². The summed E-state index contributed by atoms with van der Waals surface area (Å²) in [6.45, 7) is 2.93. The smallest absolute Gasteiger partial charge is 0.303 e. The van der Waals surface area contributed by atoms with E-state index < -0.39 is 5.97 Å². The van der Waals surface area contributed by atoms with Crippen molar-refractivity contribution in [3.8, 4) is 0 Å². The first kappa shape index (κ1) is 10.0. The van der Waals surface area contributed by atoms with Crippen LogP contribution in [0.5, 0.6) is 0 Å². The zero-order valence-electron chi connectivity index (χ0n) is 7.82. The van der Waals surface area contributed by atoms with Crippen LogP contribution in [0.15, 0.2) is 0 Å². The fourth-order valence-corrected chi connectivity index (χ4v) is 1.76. The molecule has 1 unspecified atom stereocenters. The van der Waals surface area contributed by atoms with E-state index in [-0.39, 0.29) is 18.2 Å². The number of carboxylic acid groups (broad SMARTS) is 1. The number of hydrogen-bond donors (Lipinski definition) is 1. The molecule has 0 spiro atoms. The number of carbonyl (C=O) groups excluding carboxylic acids is 1. The molecule has 1 atom stereocenters. The average molecular weight is 185 g/mol. The lowest BCUT2D eigenvalue weighted by molar-refractivity contribution is -0.140. The third-order valence-electron chi connectivity index (χ3n) is 2.43. The minimum Gasteiger partial charge on any atom is -0.481 e. The van der Waals surface area contributed by atoms with Gasteiger partial charge in [-0.05, 0) is 18.8 Å². The standard InChI is InChI=1S/C9H15NO3/c1-7(11)10-4-2-3-8(6-10)5-9(12)13/h8H,2-6H2,1H3,(H,12,13). The maximum atomic E-state index is 11.0. The first-order valence-electron chi connectivity index (χ1n) is 4.57. The number of piperidine rings is 1. The number of carboxylic acids is 1. The quantitative estimate of drug-likeness (QED) is 0.689. The van der Waals surface area contributed by atoms with Crippen molar-refractivity contribution in [3.63, 3.8) is 0 Å². The van der Waals surface area contributed by atoms with E-state index in [0.717, 1.165) is 19.4 Å². The Morgan fingerprint density at radius 1 is 1.54 bits per heavy atom. The maximum absolute atomic E-state index is 11.0. The van der Waals surface area contributed by atoms with Gasteiger partial charge in [0, 0.05) is 26.4 Å². The topological polar surface area (TPSA) is 57.6 Å². The predicted molar refractivity (Wildman–Crippen MR) is 47.2 cm³/mol. The van der Waals surface area contributed by atoms with Gasteiger partial charge in [0.05, 0.1) is 0 Å². The van der Waals surface area contributed by atoms with Crippen LogP contribution in [-0.4, -0.2) is 35.0 Å². The maximum Gasteiger partial charge on any atom is 0.303 e. The molecule has 1 N–H and O–H groups in total. The van der Waals surface area contributed by atoms with Crippen molar-refractivity contribution in [3.05, 3.63) is 0 Å². The van der Waals surface area contributed by atoms with Crippen LogP contribution in [-0.2, 0) is 9.59 Å². The van der Waals surface area contributed by atoms with Crippen LogP contribution in [0.1, 0.15) is 26.2 Å². The predicted octanol–water partition coefficient (Wildman–Crippen LogP) is 0.720. The SMILES string of the molecule is CC(=O)N1CCCC(CC(=O)O)C1. The van der Waals surface area contributed by atoms with E-state index >= 15 is 0 Å². The fraction of sp³-hybridized carbons (Fsp3) is 0.778. The van der Waals surface area contributed by atoms with Gasteiger partial charge in [-0.15, -0.1) is 0 Å². The number of amides is 1. The van der Waals surface area contributed by atoms with Gasteiger partial charge < -0.3 is 10.0 Å². The van der Waals surface area contributed by atoms with Gasteiger partial charge in [0.1, 0.15) is 0 Å². The zero-order valence-corrected chi connectivity index (χ0v) is 7.82. The van der Waals surface area contributed by atoms with Crippen LogP contribution in [0.4, 0.5) is 0 Å². The monoisotopic (exact) mass is 185 g/mol. The Morgan fingerprint density at radius 3 is 2.77 bits per heavy atom. The molecule has 1 saturated heterocycles. The molecule has 0 radical (unpaired) electrons. The van der Waals surface area contributed by atoms with E-state index in [1.807, 2.05) is 0 Å². The van der Waals surface area contributed by atoms with E-state index in [2.05, 4.69) is 0 Å². The normalized spacial score (nSPS) is 22.8. The third kappa shape index (κ3) is 3.05. The van der Waals surface area contributed by atoms with E-state index in [0.29, 0.717) is 6.54 Å². The lowest BCUT2D eigenvalue weighted by atomic mass is 9.95. The van der Waals surface area contributed by atoms with E-state index in [9.17, 15) is 9.59 Å². The molecule has 1 aliphatic heterocycles. The van der Waals surface area contributed by atoms with Gasteiger partial charge in [-0.1, -0.05) is 0 Å². The second-order valence-electron chi connectivity index (χ2n) is 3.57. The molecule has 4 heteroatoms. The van der Waals surface area contributed by atoms with Crippen LogP contribution in [0, 0.1) is 5.92 Å². The Kier molecular flexibility index (Phi) is 3.28. The second kappa shape index (κ2) is 4.25. The molecule has 1 heterocycles. The first-order chi connectivity index (χ1) is 6.09. The summed E-state index contributed by atoms with van der Waals surface area (Å²) < 4.78 is 0. The number of aliphatic carboxylic acids is 1. The zero-order chi connectivity index (χ0) is 9.84. The van der Waals surface area contributed by atoms with Crippen LogP contribution < -0.4 is 0 Å². The van der Waals surface area contributed by atoms with E-state index in [1.165, 1.54) is 6.92 Å². The Bertz CT molecular complexity index is 215. The van der Waals surface area contributed by atoms with Crippen molar-refractivity contribution >= 4 is 11.9 Å². The Balaban J connectivity index is 2.41. The Hall–Kier alpha value is -1.06. The van der Waals surface area contributed by atoms with Crippen LogP contribution >= 0.6 is 0 Å². The van der Waals surface area contributed by atoms with Gasteiger partial charge in [0.15, 0.2) is 0 Å². The molecule has 0 aliphatic carbocycles. The summed E-state index contributed by atoms with van der Waals surface area (Å²) in [6.07, 6.45) is 2.04. The van der Waals surface area contributed by atoms with Gasteiger partial charge in [0.25, 0.3) is 0 Å². The molecule has 0 saturated carbocycles. The molecule has 1 rings (SSSR count). The summed E-state index contributed by atoms with van der Waals surface area (Å²) >= 11 is 0. The summed E-state index contributed by atoms with van der Waals surface area (Å²) in [5, 5.41) is 8.59. The summed E-state index contributed by atoms with van der Waals surface area (Å²) in [6, 6.07) is 0. The summed E-state index contributed by atoms with van der Waals surface area (Å²) in [7, 11) is 0. The fourth-order valence-electron chi connectivity index (χ4n) is 1.76. The van der Waals surface area contributed by atoms with Crippen molar-refractivity contribution in [2.75, 3.05) is 13.1 Å². The number of carbonyl (C=O) groups is 2. The summed E-state index contributed by atoms with van der Waals surface area (Å²) in [5.41, 5.74) is 0. The second-order valence-corrected chi connectivity index (χ2v) is 3.57. The lowest BCUT2D eigenvalue weighted by Gasteiger charge is -2.31. The summed E-state index contributed by atoms with van der Waals surface area (Å²) in [4.78, 5) is 23.2. The summed E-state index contributed by atoms with van der Waals surface area (Å²) in [5.74, 6) is -0.569. The molecule has 13 heavy (non-hydrogen) atoms. The van der Waals surface area contributed by atoms with Crippen LogP contribution in [0.3, 0.4) is 0 Å². The largest absolute Gasteiger partial charge is 0.481 e. The Labute approximate surface area is 77.5 Å². The number of rotatable bonds is 2. The number of hydrogen-bond acceptors (Lipinski definition) is 2. The van der Waals surface area contributed by atoms with Crippen molar-refractivity contribution in [1.29, 1.82) is 0 Å². The average Bonchev–Trinajstić information content (AvgIpc) is 2.03. The highest BCUT2D eigenvalue weighted by atomic mass is 16.4. The molecular formula is C9H15NO3. The molecule has 0 aromatic heterocycles. The number of likely N-dealkylation sites (tertiary alicyclic amines) is 1. The van der Waals surface area contributed by atoms with Gasteiger partial charge in [0.2, 0.25) is 5.91 Å². The lowest BCUT2D eigenvalue weighted by Crippen LogP contribution is -2.39. The van der Waals surface area contributed by atoms with Crippen molar-refractivity contribution in [2.24, 2.45) is 5.92 Å². The third-order valence-corrected chi connectivity index (χ3v) is 2.43. The molecule has 74 valence electrons. The first-order valence-corrected chi connectivity index (χ1v) is 4.57. The van der Waals surface area contributed by atoms with Crippen LogP contribution in [0.2, 0.25) is 0 Å². The van der Waals surface area contributed by atoms with Gasteiger partial charge in [-0.25, -0.2) is 0 Å².